The maximum absolute atomic E-state index is 12.4. The summed E-state index contributed by atoms with van der Waals surface area (Å²) in [6.45, 7) is 2.66. The van der Waals surface area contributed by atoms with Crippen LogP contribution >= 0.6 is 0 Å². The summed E-state index contributed by atoms with van der Waals surface area (Å²) in [5, 5.41) is 3.23. The number of carbonyl (C=O) groups excluding carboxylic acids is 2. The van der Waals surface area contributed by atoms with Gasteiger partial charge < -0.3 is 14.8 Å². The van der Waals surface area contributed by atoms with Crippen LogP contribution in [0.1, 0.15) is 53.3 Å². The van der Waals surface area contributed by atoms with E-state index in [-0.39, 0.29) is 0 Å². The molecule has 1 fully saturated rings. The number of pyridine rings is 1. The number of methoxy groups -OCH3 is 1. The SMILES string of the molecule is CCCCOc1ccc(C(=O)NNC(=O)c2ccnc(NC3CC3)c2)cc1OC. The highest BCUT2D eigenvalue weighted by molar-refractivity contribution is 5.99. The molecule has 0 radical (unpaired) electrons. The van der Waals surface area contributed by atoms with Crippen LogP contribution in [0.15, 0.2) is 36.5 Å². The molecule has 1 aliphatic carbocycles. The van der Waals surface area contributed by atoms with E-state index < -0.39 is 11.8 Å². The number of amides is 2. The zero-order valence-electron chi connectivity index (χ0n) is 16.7. The maximum Gasteiger partial charge on any atom is 0.269 e. The van der Waals surface area contributed by atoms with Gasteiger partial charge in [0.25, 0.3) is 11.8 Å². The third-order valence-electron chi connectivity index (χ3n) is 4.42. The Labute approximate surface area is 170 Å². The largest absolute Gasteiger partial charge is 0.493 e. The second kappa shape index (κ2) is 9.77. The van der Waals surface area contributed by atoms with Crippen molar-refractivity contribution in [3.05, 3.63) is 47.7 Å². The lowest BCUT2D eigenvalue weighted by Crippen LogP contribution is -2.41. The number of hydrazine groups is 1. The number of hydrogen-bond acceptors (Lipinski definition) is 6. The van der Waals surface area contributed by atoms with E-state index in [9.17, 15) is 9.59 Å². The van der Waals surface area contributed by atoms with E-state index in [4.69, 9.17) is 9.47 Å². The molecule has 1 aliphatic rings. The van der Waals surface area contributed by atoms with Gasteiger partial charge in [0.15, 0.2) is 11.5 Å². The molecular formula is C21H26N4O4. The first-order valence-corrected chi connectivity index (χ1v) is 9.74. The second-order valence-corrected chi connectivity index (χ2v) is 6.82. The summed E-state index contributed by atoms with van der Waals surface area (Å²) in [6, 6.07) is 8.56. The van der Waals surface area contributed by atoms with Gasteiger partial charge in [-0.05, 0) is 49.6 Å². The average molecular weight is 398 g/mol. The lowest BCUT2D eigenvalue weighted by Gasteiger charge is -2.12. The predicted molar refractivity (Wildman–Crippen MR) is 109 cm³/mol. The molecule has 0 spiro atoms. The Morgan fingerprint density at radius 2 is 1.79 bits per heavy atom. The quantitative estimate of drug-likeness (QED) is 0.443. The number of unbranched alkanes of at least 4 members (excludes halogenated alkanes) is 1. The highest BCUT2D eigenvalue weighted by atomic mass is 16.5. The first kappa shape index (κ1) is 20.4. The van der Waals surface area contributed by atoms with E-state index in [2.05, 4.69) is 28.1 Å². The van der Waals surface area contributed by atoms with Gasteiger partial charge in [-0.15, -0.1) is 0 Å². The molecule has 29 heavy (non-hydrogen) atoms. The van der Waals surface area contributed by atoms with Crippen LogP contribution in [0.5, 0.6) is 11.5 Å². The van der Waals surface area contributed by atoms with Crippen molar-refractivity contribution in [2.24, 2.45) is 0 Å². The molecule has 0 bridgehead atoms. The van der Waals surface area contributed by atoms with Crippen molar-refractivity contribution in [3.63, 3.8) is 0 Å². The van der Waals surface area contributed by atoms with Gasteiger partial charge in [-0.3, -0.25) is 20.4 Å². The Balaban J connectivity index is 1.57. The summed E-state index contributed by atoms with van der Waals surface area (Å²) in [7, 11) is 1.52. The zero-order valence-corrected chi connectivity index (χ0v) is 16.7. The molecule has 0 saturated heterocycles. The predicted octanol–water partition coefficient (Wildman–Crippen LogP) is 2.92. The number of anilines is 1. The van der Waals surface area contributed by atoms with E-state index in [1.807, 2.05) is 0 Å². The van der Waals surface area contributed by atoms with Gasteiger partial charge >= 0.3 is 0 Å². The summed E-state index contributed by atoms with van der Waals surface area (Å²) < 4.78 is 11.0. The van der Waals surface area contributed by atoms with Crippen LogP contribution < -0.4 is 25.6 Å². The molecule has 2 amide bonds. The molecule has 3 rings (SSSR count). The second-order valence-electron chi connectivity index (χ2n) is 6.82. The normalized spacial score (nSPS) is 12.8. The van der Waals surface area contributed by atoms with Gasteiger partial charge in [-0.1, -0.05) is 13.3 Å². The van der Waals surface area contributed by atoms with Gasteiger partial charge in [0.1, 0.15) is 5.82 Å². The third kappa shape index (κ3) is 5.84. The molecule has 0 aliphatic heterocycles. The number of nitrogens with zero attached hydrogens (tertiary/aromatic N) is 1. The van der Waals surface area contributed by atoms with Crippen LogP contribution in [0.2, 0.25) is 0 Å². The maximum atomic E-state index is 12.4. The molecule has 8 nitrogen and oxygen atoms in total. The molecule has 0 atom stereocenters. The van der Waals surface area contributed by atoms with E-state index in [0.29, 0.717) is 41.1 Å². The van der Waals surface area contributed by atoms with Crippen LogP contribution in [-0.2, 0) is 0 Å². The topological polar surface area (TPSA) is 102 Å². The van der Waals surface area contributed by atoms with Crippen LogP contribution in [0.25, 0.3) is 0 Å². The first-order chi connectivity index (χ1) is 14.1. The molecular weight excluding hydrogens is 372 g/mol. The van der Waals surface area contributed by atoms with Crippen molar-refractivity contribution >= 4 is 17.6 Å². The van der Waals surface area contributed by atoms with E-state index in [1.54, 1.807) is 36.5 Å². The molecule has 1 saturated carbocycles. The molecule has 154 valence electrons. The Bertz CT molecular complexity index is 868. The molecule has 0 unspecified atom stereocenters. The zero-order chi connectivity index (χ0) is 20.6. The fourth-order valence-electron chi connectivity index (χ4n) is 2.60. The lowest BCUT2D eigenvalue weighted by molar-refractivity contribution is 0.0846. The number of hydrogen-bond donors (Lipinski definition) is 3. The highest BCUT2D eigenvalue weighted by Crippen LogP contribution is 2.28. The van der Waals surface area contributed by atoms with Gasteiger partial charge in [-0.25, -0.2) is 4.98 Å². The monoisotopic (exact) mass is 398 g/mol. The number of aromatic nitrogens is 1. The number of carbonyl (C=O) groups is 2. The van der Waals surface area contributed by atoms with Gasteiger partial charge in [0.2, 0.25) is 0 Å². The van der Waals surface area contributed by atoms with Gasteiger partial charge in [0, 0.05) is 23.4 Å². The molecule has 3 N–H and O–H groups in total. The Morgan fingerprint density at radius 1 is 1.07 bits per heavy atom. The fraction of sp³-hybridized carbons (Fsp3) is 0.381. The van der Waals surface area contributed by atoms with Crippen molar-refractivity contribution in [1.82, 2.24) is 15.8 Å². The molecule has 1 heterocycles. The number of benzene rings is 1. The fourth-order valence-corrected chi connectivity index (χ4v) is 2.60. The van der Waals surface area contributed by atoms with E-state index >= 15 is 0 Å². The lowest BCUT2D eigenvalue weighted by atomic mass is 10.2. The minimum atomic E-state index is -0.456. The number of nitrogens with one attached hydrogen (secondary N) is 3. The van der Waals surface area contributed by atoms with Gasteiger partial charge in [-0.2, -0.15) is 0 Å². The summed E-state index contributed by atoms with van der Waals surface area (Å²) in [4.78, 5) is 28.9. The van der Waals surface area contributed by atoms with Crippen LogP contribution in [0.4, 0.5) is 5.82 Å². The van der Waals surface area contributed by atoms with Crippen LogP contribution in [-0.4, -0.2) is 36.6 Å². The Morgan fingerprint density at radius 3 is 2.45 bits per heavy atom. The van der Waals surface area contributed by atoms with Crippen LogP contribution in [0.3, 0.4) is 0 Å². The third-order valence-corrected chi connectivity index (χ3v) is 4.42. The number of rotatable bonds is 9. The summed E-state index contributed by atoms with van der Waals surface area (Å²) in [5.74, 6) is 0.808. The average Bonchev–Trinajstić information content (AvgIpc) is 3.56. The molecule has 2 aromatic rings. The number of ether oxygens (including phenoxy) is 2. The molecule has 8 heteroatoms. The minimum Gasteiger partial charge on any atom is -0.493 e. The highest BCUT2D eigenvalue weighted by Gasteiger charge is 2.21. The van der Waals surface area contributed by atoms with Crippen molar-refractivity contribution in [1.29, 1.82) is 0 Å². The smallest absolute Gasteiger partial charge is 0.269 e. The minimum absolute atomic E-state index is 0.343. The molecule has 1 aromatic carbocycles. The summed E-state index contributed by atoms with van der Waals surface area (Å²) in [5.41, 5.74) is 5.59. The van der Waals surface area contributed by atoms with Crippen molar-refractivity contribution in [3.8, 4) is 11.5 Å². The van der Waals surface area contributed by atoms with E-state index in [0.717, 1.165) is 25.7 Å². The Kier molecular flexibility index (Phi) is 6.89. The standard InChI is InChI=1S/C21H26N4O4/c1-3-4-11-29-17-8-5-14(12-18(17)28-2)20(26)24-25-21(27)15-9-10-22-19(13-15)23-16-6-7-16/h5,8-10,12-13,16H,3-4,6-7,11H2,1-2H3,(H,22,23)(H,24,26)(H,25,27). The van der Waals surface area contributed by atoms with Crippen molar-refractivity contribution < 1.29 is 19.1 Å². The summed E-state index contributed by atoms with van der Waals surface area (Å²) >= 11 is 0. The van der Waals surface area contributed by atoms with Gasteiger partial charge in [0.05, 0.1) is 13.7 Å². The first-order valence-electron chi connectivity index (χ1n) is 9.74. The van der Waals surface area contributed by atoms with Crippen molar-refractivity contribution in [2.45, 2.75) is 38.6 Å². The van der Waals surface area contributed by atoms with Crippen LogP contribution in [0, 0.1) is 0 Å². The van der Waals surface area contributed by atoms with E-state index in [1.165, 1.54) is 7.11 Å². The summed E-state index contributed by atoms with van der Waals surface area (Å²) in [6.07, 6.45) is 5.74. The molecule has 1 aromatic heterocycles. The Hall–Kier alpha value is -3.29. The van der Waals surface area contributed by atoms with Crippen molar-refractivity contribution in [2.75, 3.05) is 19.0 Å².